The maximum absolute atomic E-state index is 14.2. The van der Waals surface area contributed by atoms with Gasteiger partial charge in [-0.15, -0.1) is 0 Å². The molecule has 0 radical (unpaired) electrons. The van der Waals surface area contributed by atoms with Gasteiger partial charge in [-0.25, -0.2) is 4.39 Å². The van der Waals surface area contributed by atoms with Crippen molar-refractivity contribution < 1.29 is 22.0 Å². The highest BCUT2D eigenvalue weighted by molar-refractivity contribution is 5.34. The van der Waals surface area contributed by atoms with E-state index in [0.717, 1.165) is 0 Å². The van der Waals surface area contributed by atoms with E-state index in [1.54, 1.807) is 6.07 Å². The first-order valence-corrected chi connectivity index (χ1v) is 6.06. The Balaban J connectivity index is 2.17. The van der Waals surface area contributed by atoms with Gasteiger partial charge in [0.05, 0.1) is 0 Å². The third-order valence-electron chi connectivity index (χ3n) is 4.18. The van der Waals surface area contributed by atoms with Gasteiger partial charge >= 0.3 is 11.8 Å². The molecule has 3 atom stereocenters. The van der Waals surface area contributed by atoms with Gasteiger partial charge in [-0.3, -0.25) is 5.32 Å². The predicted octanol–water partition coefficient (Wildman–Crippen LogP) is 3.26. The summed E-state index contributed by atoms with van der Waals surface area (Å²) in [4.78, 5) is 0. The Labute approximate surface area is 106 Å². The molecule has 0 amide bonds. The molecular weight excluding hydrogens is 265 g/mol. The van der Waals surface area contributed by atoms with Crippen LogP contribution in [0.5, 0.6) is 0 Å². The van der Waals surface area contributed by atoms with Gasteiger partial charge in [-0.2, -0.15) is 17.6 Å². The van der Waals surface area contributed by atoms with Crippen LogP contribution in [-0.2, 0) is 5.54 Å². The summed E-state index contributed by atoms with van der Waals surface area (Å²) in [6, 6.07) is 6.15. The molecule has 2 saturated heterocycles. The summed E-state index contributed by atoms with van der Waals surface area (Å²) in [6.45, 7) is 0. The van der Waals surface area contributed by atoms with Gasteiger partial charge in [0.15, 0.2) is 6.17 Å². The lowest BCUT2D eigenvalue weighted by atomic mass is 9.77. The SMILES string of the molecule is FC1C2CCC(c3ccccc3)(N2)C(F)(F)C1(F)F. The maximum atomic E-state index is 14.2. The van der Waals surface area contributed by atoms with E-state index in [0.29, 0.717) is 0 Å². The normalized spacial score (nSPS) is 39.2. The summed E-state index contributed by atoms with van der Waals surface area (Å²) in [5, 5.41) is 2.41. The van der Waals surface area contributed by atoms with Crippen LogP contribution in [0.1, 0.15) is 18.4 Å². The van der Waals surface area contributed by atoms with Gasteiger partial charge in [-0.05, 0) is 18.4 Å². The van der Waals surface area contributed by atoms with E-state index in [4.69, 9.17) is 0 Å². The van der Waals surface area contributed by atoms with Crippen LogP contribution in [0.2, 0.25) is 0 Å². The minimum absolute atomic E-state index is 0.0265. The molecule has 0 aromatic heterocycles. The van der Waals surface area contributed by atoms with Gasteiger partial charge in [-0.1, -0.05) is 30.3 Å². The summed E-state index contributed by atoms with van der Waals surface area (Å²) in [5.41, 5.74) is -2.10. The molecule has 2 fully saturated rings. The molecule has 0 aliphatic carbocycles. The lowest BCUT2D eigenvalue weighted by molar-refractivity contribution is -0.292. The van der Waals surface area contributed by atoms with E-state index >= 15 is 0 Å². The molecule has 1 aromatic rings. The molecular formula is C13H12F5N. The van der Waals surface area contributed by atoms with Crippen LogP contribution in [0.15, 0.2) is 30.3 Å². The van der Waals surface area contributed by atoms with Crippen molar-refractivity contribution in [2.24, 2.45) is 0 Å². The highest BCUT2D eigenvalue weighted by atomic mass is 19.3. The molecule has 2 aliphatic rings. The van der Waals surface area contributed by atoms with E-state index in [1.807, 2.05) is 0 Å². The van der Waals surface area contributed by atoms with Crippen molar-refractivity contribution in [3.05, 3.63) is 35.9 Å². The molecule has 2 heterocycles. The van der Waals surface area contributed by atoms with Crippen LogP contribution in [0.4, 0.5) is 22.0 Å². The van der Waals surface area contributed by atoms with Crippen LogP contribution >= 0.6 is 0 Å². The second-order valence-electron chi connectivity index (χ2n) is 5.16. The molecule has 1 nitrogen and oxygen atoms in total. The van der Waals surface area contributed by atoms with Crippen molar-refractivity contribution in [2.75, 3.05) is 0 Å². The number of piperidine rings is 1. The summed E-state index contributed by atoms with van der Waals surface area (Å²) in [5.74, 6) is -9.12. The maximum Gasteiger partial charge on any atom is 0.344 e. The third kappa shape index (κ3) is 1.38. The average Bonchev–Trinajstić information content (AvgIpc) is 2.82. The van der Waals surface area contributed by atoms with Gasteiger partial charge in [0.1, 0.15) is 5.54 Å². The average molecular weight is 277 g/mol. The van der Waals surface area contributed by atoms with Crippen molar-refractivity contribution in [3.63, 3.8) is 0 Å². The zero-order valence-electron chi connectivity index (χ0n) is 9.85. The first-order valence-electron chi connectivity index (χ1n) is 6.06. The number of hydrogen-bond donors (Lipinski definition) is 1. The number of rotatable bonds is 1. The number of alkyl halides is 5. The van der Waals surface area contributed by atoms with E-state index in [1.165, 1.54) is 24.3 Å². The van der Waals surface area contributed by atoms with Gasteiger partial charge in [0, 0.05) is 6.04 Å². The van der Waals surface area contributed by atoms with Crippen molar-refractivity contribution >= 4 is 0 Å². The van der Waals surface area contributed by atoms with E-state index in [-0.39, 0.29) is 18.4 Å². The lowest BCUT2D eigenvalue weighted by Crippen LogP contribution is -2.71. The zero-order valence-corrected chi connectivity index (χ0v) is 9.85. The standard InChI is InChI=1S/C13H12F5N/c14-10-9-6-7-11(19-9,8-4-2-1-3-5-8)13(17,18)12(10,15)16/h1-5,9-10,19H,6-7H2. The van der Waals surface area contributed by atoms with Crippen LogP contribution in [0.3, 0.4) is 0 Å². The minimum atomic E-state index is -4.66. The van der Waals surface area contributed by atoms with Crippen molar-refractivity contribution in [2.45, 2.75) is 42.4 Å². The Morgan fingerprint density at radius 3 is 2.32 bits per heavy atom. The molecule has 1 aromatic carbocycles. The lowest BCUT2D eigenvalue weighted by Gasteiger charge is -2.47. The zero-order chi connectivity index (χ0) is 13.9. The molecule has 0 saturated carbocycles. The van der Waals surface area contributed by atoms with E-state index in [2.05, 4.69) is 5.32 Å². The number of fused-ring (bicyclic) bond motifs is 2. The Morgan fingerprint density at radius 1 is 1.05 bits per heavy atom. The summed E-state index contributed by atoms with van der Waals surface area (Å²) in [7, 11) is 0. The Bertz CT molecular complexity index is 489. The van der Waals surface area contributed by atoms with Crippen molar-refractivity contribution in [3.8, 4) is 0 Å². The molecule has 1 N–H and O–H groups in total. The highest BCUT2D eigenvalue weighted by Crippen LogP contribution is 2.59. The second-order valence-corrected chi connectivity index (χ2v) is 5.16. The van der Waals surface area contributed by atoms with Crippen LogP contribution < -0.4 is 5.32 Å². The molecule has 19 heavy (non-hydrogen) atoms. The van der Waals surface area contributed by atoms with Gasteiger partial charge < -0.3 is 0 Å². The molecule has 0 spiro atoms. The van der Waals surface area contributed by atoms with Crippen LogP contribution in [0, 0.1) is 0 Å². The largest absolute Gasteiger partial charge is 0.344 e. The summed E-state index contributed by atoms with van der Waals surface area (Å²) < 4.78 is 69.3. The molecule has 6 heteroatoms. The van der Waals surface area contributed by atoms with Crippen LogP contribution in [0.25, 0.3) is 0 Å². The third-order valence-corrected chi connectivity index (χ3v) is 4.18. The molecule has 104 valence electrons. The Hall–Kier alpha value is -1.17. The van der Waals surface area contributed by atoms with Crippen molar-refractivity contribution in [1.82, 2.24) is 5.32 Å². The highest BCUT2D eigenvalue weighted by Gasteiger charge is 2.79. The van der Waals surface area contributed by atoms with Crippen molar-refractivity contribution in [1.29, 1.82) is 0 Å². The van der Waals surface area contributed by atoms with Gasteiger partial charge in [0.2, 0.25) is 0 Å². The number of halogens is 5. The fourth-order valence-corrected chi connectivity index (χ4v) is 3.14. The number of nitrogens with one attached hydrogen (secondary N) is 1. The fourth-order valence-electron chi connectivity index (χ4n) is 3.14. The monoisotopic (exact) mass is 277 g/mol. The van der Waals surface area contributed by atoms with Gasteiger partial charge in [0.25, 0.3) is 0 Å². The first kappa shape index (κ1) is 12.8. The second kappa shape index (κ2) is 3.69. The molecule has 3 unspecified atom stereocenters. The fraction of sp³-hybridized carbons (Fsp3) is 0.538. The summed E-state index contributed by atoms with van der Waals surface area (Å²) >= 11 is 0. The molecule has 2 aliphatic heterocycles. The smallest absolute Gasteiger partial charge is 0.296 e. The topological polar surface area (TPSA) is 12.0 Å². The molecule has 2 bridgehead atoms. The first-order chi connectivity index (χ1) is 8.83. The van der Waals surface area contributed by atoms with E-state index < -0.39 is 29.6 Å². The quantitative estimate of drug-likeness (QED) is 0.777. The molecule has 3 rings (SSSR count). The number of benzene rings is 1. The summed E-state index contributed by atoms with van der Waals surface area (Å²) in [6.07, 6.45) is -3.09. The van der Waals surface area contributed by atoms with Crippen LogP contribution in [-0.4, -0.2) is 24.1 Å². The van der Waals surface area contributed by atoms with E-state index in [9.17, 15) is 22.0 Å². The Kier molecular flexibility index (Phi) is 2.49. The minimum Gasteiger partial charge on any atom is -0.296 e. The predicted molar refractivity (Wildman–Crippen MR) is 59.1 cm³/mol. The Morgan fingerprint density at radius 2 is 1.68 bits per heavy atom. The number of hydrogen-bond acceptors (Lipinski definition) is 1.